The fourth-order valence-corrected chi connectivity index (χ4v) is 1.22. The van der Waals surface area contributed by atoms with Crippen molar-refractivity contribution in [2.24, 2.45) is 10.9 Å². The van der Waals surface area contributed by atoms with Crippen molar-refractivity contribution in [3.63, 3.8) is 0 Å². The van der Waals surface area contributed by atoms with Crippen LogP contribution in [0.4, 0.5) is 0 Å². The van der Waals surface area contributed by atoms with E-state index in [4.69, 9.17) is 0 Å². The maximum Gasteiger partial charge on any atom is 0.0986 e. The van der Waals surface area contributed by atoms with Gasteiger partial charge in [0.2, 0.25) is 0 Å². The SMILES string of the molecule is CC1CCN=C(N(C)C)C1. The number of aliphatic imine (C=N–C) groups is 1. The first-order valence-electron chi connectivity index (χ1n) is 3.91. The normalized spacial score (nSPS) is 25.9. The van der Waals surface area contributed by atoms with E-state index in [2.05, 4.69) is 30.9 Å². The first kappa shape index (κ1) is 7.58. The number of hydrogen-bond donors (Lipinski definition) is 0. The summed E-state index contributed by atoms with van der Waals surface area (Å²) in [7, 11) is 4.13. The van der Waals surface area contributed by atoms with Crippen LogP contribution in [0.15, 0.2) is 4.99 Å². The van der Waals surface area contributed by atoms with E-state index in [1.54, 1.807) is 0 Å². The zero-order valence-corrected chi connectivity index (χ0v) is 7.09. The molecule has 2 heteroatoms. The van der Waals surface area contributed by atoms with Gasteiger partial charge in [-0.1, -0.05) is 6.92 Å². The molecule has 0 aromatic rings. The van der Waals surface area contributed by atoms with Crippen molar-refractivity contribution < 1.29 is 0 Å². The molecular formula is C8H16N2. The van der Waals surface area contributed by atoms with Crippen LogP contribution in [0.5, 0.6) is 0 Å². The molecule has 10 heavy (non-hydrogen) atoms. The van der Waals surface area contributed by atoms with Crippen molar-refractivity contribution in [2.75, 3.05) is 20.6 Å². The lowest BCUT2D eigenvalue weighted by molar-refractivity contribution is 0.487. The standard InChI is InChI=1S/C8H16N2/c1-7-4-5-9-8(6-7)10(2)3/h7H,4-6H2,1-3H3. The van der Waals surface area contributed by atoms with Gasteiger partial charge in [0.15, 0.2) is 0 Å². The summed E-state index contributed by atoms with van der Waals surface area (Å²) >= 11 is 0. The zero-order valence-electron chi connectivity index (χ0n) is 7.09. The van der Waals surface area contributed by atoms with Gasteiger partial charge in [-0.25, -0.2) is 0 Å². The van der Waals surface area contributed by atoms with Gasteiger partial charge in [0.1, 0.15) is 0 Å². The fourth-order valence-electron chi connectivity index (χ4n) is 1.22. The van der Waals surface area contributed by atoms with Gasteiger partial charge in [0, 0.05) is 27.1 Å². The molecule has 0 spiro atoms. The quantitative estimate of drug-likeness (QED) is 0.496. The molecule has 0 aliphatic carbocycles. The number of nitrogens with zero attached hydrogens (tertiary/aromatic N) is 2. The Morgan fingerprint density at radius 1 is 1.50 bits per heavy atom. The van der Waals surface area contributed by atoms with E-state index in [1.807, 2.05) is 0 Å². The molecule has 58 valence electrons. The highest BCUT2D eigenvalue weighted by atomic mass is 15.1. The molecule has 1 atom stereocenters. The van der Waals surface area contributed by atoms with Crippen molar-refractivity contribution in [3.05, 3.63) is 0 Å². The molecule has 1 heterocycles. The zero-order chi connectivity index (χ0) is 7.56. The minimum atomic E-state index is 0.829. The molecule has 0 aromatic carbocycles. The highest BCUT2D eigenvalue weighted by molar-refractivity contribution is 5.82. The van der Waals surface area contributed by atoms with Crippen LogP contribution in [-0.2, 0) is 0 Å². The molecule has 0 saturated heterocycles. The van der Waals surface area contributed by atoms with Gasteiger partial charge in [-0.3, -0.25) is 4.99 Å². The summed E-state index contributed by atoms with van der Waals surface area (Å²) in [5.41, 5.74) is 0. The molecule has 0 saturated carbocycles. The summed E-state index contributed by atoms with van der Waals surface area (Å²) < 4.78 is 0. The predicted molar refractivity (Wildman–Crippen MR) is 44.4 cm³/mol. The second kappa shape index (κ2) is 3.04. The van der Waals surface area contributed by atoms with Crippen LogP contribution in [-0.4, -0.2) is 31.4 Å². The van der Waals surface area contributed by atoms with Crippen molar-refractivity contribution >= 4 is 5.84 Å². The van der Waals surface area contributed by atoms with Gasteiger partial charge in [-0.15, -0.1) is 0 Å². The van der Waals surface area contributed by atoms with Crippen molar-refractivity contribution in [2.45, 2.75) is 19.8 Å². The maximum atomic E-state index is 4.42. The lowest BCUT2D eigenvalue weighted by atomic mass is 10.0. The molecule has 1 aliphatic rings. The summed E-state index contributed by atoms with van der Waals surface area (Å²) in [4.78, 5) is 6.54. The van der Waals surface area contributed by atoms with Gasteiger partial charge in [-0.05, 0) is 12.3 Å². The Morgan fingerprint density at radius 2 is 2.20 bits per heavy atom. The third-order valence-electron chi connectivity index (χ3n) is 1.96. The molecule has 0 aromatic heterocycles. The molecule has 1 unspecified atom stereocenters. The van der Waals surface area contributed by atoms with Crippen LogP contribution in [0.3, 0.4) is 0 Å². The summed E-state index contributed by atoms with van der Waals surface area (Å²) in [5.74, 6) is 2.09. The average Bonchev–Trinajstić information content (AvgIpc) is 1.88. The molecule has 0 N–H and O–H groups in total. The van der Waals surface area contributed by atoms with E-state index in [9.17, 15) is 0 Å². The molecular weight excluding hydrogens is 124 g/mol. The van der Waals surface area contributed by atoms with Gasteiger partial charge in [0.25, 0.3) is 0 Å². The summed E-state index contributed by atoms with van der Waals surface area (Å²) in [5, 5.41) is 0. The first-order chi connectivity index (χ1) is 4.70. The van der Waals surface area contributed by atoms with Gasteiger partial charge >= 0.3 is 0 Å². The Balaban J connectivity index is 2.51. The lowest BCUT2D eigenvalue weighted by Crippen LogP contribution is -2.27. The van der Waals surface area contributed by atoms with E-state index in [0.29, 0.717) is 0 Å². The second-order valence-corrected chi connectivity index (χ2v) is 3.29. The summed E-state index contributed by atoms with van der Waals surface area (Å²) in [6.07, 6.45) is 2.42. The van der Waals surface area contributed by atoms with Crippen LogP contribution in [0.1, 0.15) is 19.8 Å². The van der Waals surface area contributed by atoms with E-state index in [-0.39, 0.29) is 0 Å². The Morgan fingerprint density at radius 3 is 2.60 bits per heavy atom. The third kappa shape index (κ3) is 1.72. The Kier molecular flexibility index (Phi) is 2.30. The van der Waals surface area contributed by atoms with Crippen molar-refractivity contribution in [3.8, 4) is 0 Å². The molecule has 2 nitrogen and oxygen atoms in total. The number of amidine groups is 1. The smallest absolute Gasteiger partial charge is 0.0986 e. The van der Waals surface area contributed by atoms with E-state index in [1.165, 1.54) is 12.3 Å². The highest BCUT2D eigenvalue weighted by Crippen LogP contribution is 2.14. The fraction of sp³-hybridized carbons (Fsp3) is 0.875. The van der Waals surface area contributed by atoms with Crippen LogP contribution in [0.2, 0.25) is 0 Å². The minimum Gasteiger partial charge on any atom is -0.366 e. The monoisotopic (exact) mass is 140 g/mol. The van der Waals surface area contributed by atoms with E-state index >= 15 is 0 Å². The van der Waals surface area contributed by atoms with Crippen molar-refractivity contribution in [1.82, 2.24) is 4.90 Å². The van der Waals surface area contributed by atoms with Gasteiger partial charge < -0.3 is 4.90 Å². The Labute approximate surface area is 62.9 Å². The molecule has 1 aliphatic heterocycles. The molecule has 0 fully saturated rings. The Bertz CT molecular complexity index is 138. The predicted octanol–water partition coefficient (Wildman–Crippen LogP) is 1.38. The molecule has 0 bridgehead atoms. The highest BCUT2D eigenvalue weighted by Gasteiger charge is 2.12. The number of rotatable bonds is 0. The van der Waals surface area contributed by atoms with Crippen molar-refractivity contribution in [1.29, 1.82) is 0 Å². The van der Waals surface area contributed by atoms with Gasteiger partial charge in [-0.2, -0.15) is 0 Å². The topological polar surface area (TPSA) is 15.6 Å². The molecule has 0 amide bonds. The third-order valence-corrected chi connectivity index (χ3v) is 1.96. The average molecular weight is 140 g/mol. The molecule has 0 radical (unpaired) electrons. The minimum absolute atomic E-state index is 0.829. The Hall–Kier alpha value is -0.530. The van der Waals surface area contributed by atoms with Crippen LogP contribution < -0.4 is 0 Å². The lowest BCUT2D eigenvalue weighted by Gasteiger charge is -2.23. The first-order valence-corrected chi connectivity index (χ1v) is 3.91. The van der Waals surface area contributed by atoms with Gasteiger partial charge in [0.05, 0.1) is 5.84 Å². The molecule has 1 rings (SSSR count). The van der Waals surface area contributed by atoms with Crippen LogP contribution in [0.25, 0.3) is 0 Å². The second-order valence-electron chi connectivity index (χ2n) is 3.29. The number of hydrogen-bond acceptors (Lipinski definition) is 2. The summed E-state index contributed by atoms with van der Waals surface area (Å²) in [6.45, 7) is 3.31. The van der Waals surface area contributed by atoms with Crippen LogP contribution >= 0.6 is 0 Å². The summed E-state index contributed by atoms with van der Waals surface area (Å²) in [6, 6.07) is 0. The van der Waals surface area contributed by atoms with E-state index in [0.717, 1.165) is 18.9 Å². The largest absolute Gasteiger partial charge is 0.366 e. The van der Waals surface area contributed by atoms with Crippen LogP contribution in [0, 0.1) is 5.92 Å². The van der Waals surface area contributed by atoms with E-state index < -0.39 is 0 Å². The maximum absolute atomic E-state index is 4.42.